The highest BCUT2D eigenvalue weighted by Gasteiger charge is 2.38. The summed E-state index contributed by atoms with van der Waals surface area (Å²) in [6.07, 6.45) is 4.91. The largest absolute Gasteiger partial charge is 0.355 e. The van der Waals surface area contributed by atoms with Crippen molar-refractivity contribution in [1.29, 1.82) is 5.26 Å². The van der Waals surface area contributed by atoms with Crippen molar-refractivity contribution in [3.8, 4) is 6.07 Å². The highest BCUT2D eigenvalue weighted by molar-refractivity contribution is 6.11. The Morgan fingerprint density at radius 2 is 2.14 bits per heavy atom. The Hall–Kier alpha value is -2.65. The number of piperidine rings is 1. The van der Waals surface area contributed by atoms with Crippen LogP contribution in [-0.4, -0.2) is 40.8 Å². The number of para-hydroxylation sites is 1. The molecule has 6 nitrogen and oxygen atoms in total. The van der Waals surface area contributed by atoms with Gasteiger partial charge in [0, 0.05) is 41.7 Å². The predicted molar refractivity (Wildman–Crippen MR) is 107 cm³/mol. The molecule has 1 unspecified atom stereocenters. The number of fused-ring (bicyclic) bond motifs is 5. The third kappa shape index (κ3) is 3.43. The molecule has 4 rings (SSSR count). The van der Waals surface area contributed by atoms with Gasteiger partial charge in [0.1, 0.15) is 0 Å². The van der Waals surface area contributed by atoms with Crippen LogP contribution in [0.1, 0.15) is 60.6 Å². The minimum absolute atomic E-state index is 0.0176. The maximum absolute atomic E-state index is 13.0. The number of Topliss-reactive ketones (excluding diaryl/α,β-unsaturated/α-hetero) is 1. The fraction of sp³-hybridized carbons (Fsp3) is 0.500. The van der Waals surface area contributed by atoms with Crippen LogP contribution >= 0.6 is 0 Å². The molecule has 0 saturated carbocycles. The molecule has 1 saturated heterocycles. The summed E-state index contributed by atoms with van der Waals surface area (Å²) in [7, 11) is 0. The Balaban J connectivity index is 1.60. The highest BCUT2D eigenvalue weighted by Crippen LogP contribution is 2.41. The number of hydrogen-bond donors (Lipinski definition) is 1. The second-order valence-electron chi connectivity index (χ2n) is 7.70. The summed E-state index contributed by atoms with van der Waals surface area (Å²) in [5.74, 6) is 0.202. The van der Waals surface area contributed by atoms with Crippen LogP contribution in [-0.2, 0) is 11.3 Å². The fourth-order valence-electron chi connectivity index (χ4n) is 4.70. The monoisotopic (exact) mass is 378 g/mol. The van der Waals surface area contributed by atoms with Gasteiger partial charge in [-0.25, -0.2) is 0 Å². The van der Waals surface area contributed by atoms with E-state index in [1.165, 1.54) is 6.42 Å². The summed E-state index contributed by atoms with van der Waals surface area (Å²) in [6.45, 7) is 2.63. The molecular formula is C22H26N4O2. The third-order valence-electron chi connectivity index (χ3n) is 5.91. The number of nitrogens with one attached hydrogen (secondary N) is 1. The number of amides is 1. The van der Waals surface area contributed by atoms with Crippen LogP contribution in [0, 0.1) is 11.3 Å². The molecule has 0 radical (unpaired) electrons. The first-order chi connectivity index (χ1) is 13.7. The second kappa shape index (κ2) is 8.15. The van der Waals surface area contributed by atoms with Gasteiger partial charge >= 0.3 is 0 Å². The normalized spacial score (nSPS) is 19.1. The zero-order valence-electron chi connectivity index (χ0n) is 16.1. The molecule has 28 heavy (non-hydrogen) atoms. The lowest BCUT2D eigenvalue weighted by atomic mass is 9.90. The zero-order valence-corrected chi connectivity index (χ0v) is 16.1. The van der Waals surface area contributed by atoms with Gasteiger partial charge in [-0.15, -0.1) is 0 Å². The van der Waals surface area contributed by atoms with E-state index >= 15 is 0 Å². The van der Waals surface area contributed by atoms with Crippen LogP contribution in [0.5, 0.6) is 0 Å². The molecule has 2 aromatic rings. The molecule has 2 aliphatic rings. The number of nitriles is 1. The number of carbonyl (C=O) groups excluding carboxylic acids is 2. The van der Waals surface area contributed by atoms with Crippen LogP contribution in [0.4, 0.5) is 0 Å². The smallest absolute Gasteiger partial charge is 0.220 e. The van der Waals surface area contributed by atoms with Crippen molar-refractivity contribution >= 4 is 22.6 Å². The van der Waals surface area contributed by atoms with E-state index in [2.05, 4.69) is 26.9 Å². The summed E-state index contributed by atoms with van der Waals surface area (Å²) in [5, 5.41) is 12.4. The van der Waals surface area contributed by atoms with Gasteiger partial charge in [-0.3, -0.25) is 14.5 Å². The van der Waals surface area contributed by atoms with E-state index in [1.54, 1.807) is 0 Å². The van der Waals surface area contributed by atoms with Gasteiger partial charge in [0.25, 0.3) is 0 Å². The van der Waals surface area contributed by atoms with E-state index in [1.807, 2.05) is 18.2 Å². The van der Waals surface area contributed by atoms with Gasteiger partial charge in [-0.2, -0.15) is 5.26 Å². The molecule has 2 aliphatic heterocycles. The van der Waals surface area contributed by atoms with E-state index in [0.717, 1.165) is 48.1 Å². The number of rotatable bonds is 6. The van der Waals surface area contributed by atoms with Crippen LogP contribution < -0.4 is 5.32 Å². The van der Waals surface area contributed by atoms with Gasteiger partial charge in [0.05, 0.1) is 25.1 Å². The van der Waals surface area contributed by atoms with Crippen LogP contribution in [0.25, 0.3) is 10.9 Å². The van der Waals surface area contributed by atoms with Crippen molar-refractivity contribution in [1.82, 2.24) is 14.8 Å². The predicted octanol–water partition coefficient (Wildman–Crippen LogP) is 3.17. The summed E-state index contributed by atoms with van der Waals surface area (Å²) in [6, 6.07) is 10.5. The van der Waals surface area contributed by atoms with Gasteiger partial charge in [-0.1, -0.05) is 24.6 Å². The molecule has 3 heterocycles. The van der Waals surface area contributed by atoms with E-state index in [9.17, 15) is 9.59 Å². The number of aromatic nitrogens is 1. The lowest BCUT2D eigenvalue weighted by molar-refractivity contribution is -0.121. The quantitative estimate of drug-likeness (QED) is 0.783. The fourth-order valence-corrected chi connectivity index (χ4v) is 4.70. The first-order valence-electron chi connectivity index (χ1n) is 10.2. The third-order valence-corrected chi connectivity index (χ3v) is 5.91. The standard InChI is InChI=1S/C22H26N4O2/c23-11-6-12-24-20(28)10-5-14-26-17-8-2-1-7-16(17)21-19(27)15-25-13-4-3-9-18(25)22(21)26/h1-2,7-8,18H,3-6,9-10,12-15H2,(H,24,28). The summed E-state index contributed by atoms with van der Waals surface area (Å²) < 4.78 is 2.28. The molecule has 1 atom stereocenters. The van der Waals surface area contributed by atoms with Crippen molar-refractivity contribution in [3.63, 3.8) is 0 Å². The summed E-state index contributed by atoms with van der Waals surface area (Å²) in [4.78, 5) is 27.3. The minimum atomic E-state index is -0.0176. The number of aryl methyl sites for hydroxylation is 1. The summed E-state index contributed by atoms with van der Waals surface area (Å²) >= 11 is 0. The maximum atomic E-state index is 13.0. The lowest BCUT2D eigenvalue weighted by Gasteiger charge is -2.39. The first kappa shape index (κ1) is 18.7. The topological polar surface area (TPSA) is 78.1 Å². The molecule has 0 spiro atoms. The Morgan fingerprint density at radius 3 is 3.00 bits per heavy atom. The molecule has 146 valence electrons. The second-order valence-corrected chi connectivity index (χ2v) is 7.70. The van der Waals surface area contributed by atoms with Crippen LogP contribution in [0.3, 0.4) is 0 Å². The van der Waals surface area contributed by atoms with Gasteiger partial charge < -0.3 is 9.88 Å². The van der Waals surface area contributed by atoms with E-state index < -0.39 is 0 Å². The molecule has 1 amide bonds. The van der Waals surface area contributed by atoms with Gasteiger partial charge in [0.2, 0.25) is 5.91 Å². The molecule has 1 fully saturated rings. The molecule has 1 N–H and O–H groups in total. The average Bonchev–Trinajstić information content (AvgIpc) is 3.04. The first-order valence-corrected chi connectivity index (χ1v) is 10.2. The molecule has 6 heteroatoms. The highest BCUT2D eigenvalue weighted by atomic mass is 16.1. The Labute approximate surface area is 165 Å². The number of benzene rings is 1. The summed E-state index contributed by atoms with van der Waals surface area (Å²) in [5.41, 5.74) is 3.15. The van der Waals surface area contributed by atoms with Crippen LogP contribution in [0.2, 0.25) is 0 Å². The van der Waals surface area contributed by atoms with Crippen LogP contribution in [0.15, 0.2) is 24.3 Å². The van der Waals surface area contributed by atoms with Crippen molar-refractivity contribution < 1.29 is 9.59 Å². The number of nitrogens with zero attached hydrogens (tertiary/aromatic N) is 3. The maximum Gasteiger partial charge on any atom is 0.220 e. The van der Waals surface area contributed by atoms with Crippen molar-refractivity contribution in [2.45, 2.75) is 51.1 Å². The molecular weight excluding hydrogens is 352 g/mol. The molecule has 1 aromatic heterocycles. The number of carbonyl (C=O) groups is 2. The van der Waals surface area contributed by atoms with Gasteiger partial charge in [0.15, 0.2) is 5.78 Å². The molecule has 0 bridgehead atoms. The SMILES string of the molecule is N#CCCNC(=O)CCCn1c2c(c3ccccc31)C(=O)CN1CCCCC21. The molecule has 0 aliphatic carbocycles. The Morgan fingerprint density at radius 1 is 1.29 bits per heavy atom. The minimum Gasteiger partial charge on any atom is -0.355 e. The van der Waals surface area contributed by atoms with E-state index in [0.29, 0.717) is 38.4 Å². The van der Waals surface area contributed by atoms with Crippen molar-refractivity contribution in [3.05, 3.63) is 35.5 Å². The van der Waals surface area contributed by atoms with Crippen molar-refractivity contribution in [2.24, 2.45) is 0 Å². The Bertz CT molecular complexity index is 940. The lowest BCUT2D eigenvalue weighted by Crippen LogP contribution is -2.42. The van der Waals surface area contributed by atoms with E-state index in [-0.39, 0.29) is 11.7 Å². The van der Waals surface area contributed by atoms with Gasteiger partial charge in [-0.05, 0) is 31.9 Å². The number of ketones is 1. The van der Waals surface area contributed by atoms with Crippen molar-refractivity contribution in [2.75, 3.05) is 19.6 Å². The Kier molecular flexibility index (Phi) is 5.45. The molecule has 1 aromatic carbocycles. The average molecular weight is 378 g/mol. The number of hydrogen-bond acceptors (Lipinski definition) is 4. The zero-order chi connectivity index (χ0) is 19.5. The van der Waals surface area contributed by atoms with E-state index in [4.69, 9.17) is 5.26 Å².